The van der Waals surface area contributed by atoms with Crippen LogP contribution >= 0.6 is 0 Å². The van der Waals surface area contributed by atoms with E-state index in [1.54, 1.807) is 24.0 Å². The normalized spacial score (nSPS) is 17.8. The van der Waals surface area contributed by atoms with E-state index in [0.29, 0.717) is 12.3 Å². The number of benzene rings is 3. The molecule has 0 radical (unpaired) electrons. The number of nitrogens with zero attached hydrogens (tertiary/aromatic N) is 3. The van der Waals surface area contributed by atoms with Crippen LogP contribution in [-0.2, 0) is 17.9 Å². The topological polar surface area (TPSA) is 62.0 Å². The Morgan fingerprint density at radius 2 is 1.78 bits per heavy atom. The standard InChI is InChI=1S/C26H22N3O3/c1-32-21-13-11-18(12-14-21)16-29-25(30)24-23(10-5-15-27-24)28(26(29)31)17-20-8-4-7-19-6-2-3-9-22(19)20/h2-15,24H,16-17H2,1H3/q+1. The Morgan fingerprint density at radius 1 is 1.00 bits per heavy atom. The van der Waals surface area contributed by atoms with Gasteiger partial charge < -0.3 is 4.74 Å². The van der Waals surface area contributed by atoms with Crippen molar-refractivity contribution in [3.05, 3.63) is 90.0 Å². The average molecular weight is 424 g/mol. The summed E-state index contributed by atoms with van der Waals surface area (Å²) >= 11 is 0. The van der Waals surface area contributed by atoms with Gasteiger partial charge in [-0.3, -0.25) is 4.99 Å². The Balaban J connectivity index is 1.53. The number of aliphatic imine (C=N–C) groups is 1. The molecule has 0 aliphatic carbocycles. The van der Waals surface area contributed by atoms with Crippen LogP contribution in [0.4, 0.5) is 4.79 Å². The summed E-state index contributed by atoms with van der Waals surface area (Å²) in [5.41, 5.74) is 2.47. The number of allylic oxidation sites excluding steroid dienone is 1. The maximum atomic E-state index is 13.6. The Labute approximate surface area is 185 Å². The van der Waals surface area contributed by atoms with E-state index in [1.165, 1.54) is 4.90 Å². The van der Waals surface area contributed by atoms with E-state index >= 15 is 0 Å². The van der Waals surface area contributed by atoms with Crippen LogP contribution in [0.3, 0.4) is 0 Å². The number of hydrogen-bond acceptors (Lipinski definition) is 4. The lowest BCUT2D eigenvalue weighted by Gasteiger charge is -2.26. The zero-order valence-electron chi connectivity index (χ0n) is 17.6. The van der Waals surface area contributed by atoms with Crippen LogP contribution in [0.1, 0.15) is 11.1 Å². The molecule has 6 heteroatoms. The largest absolute Gasteiger partial charge is 0.501 e. The Kier molecular flexibility index (Phi) is 5.11. The highest BCUT2D eigenvalue weighted by molar-refractivity contribution is 6.20. The molecule has 0 bridgehead atoms. The fraction of sp³-hybridized carbons (Fsp3) is 0.154. The zero-order valence-corrected chi connectivity index (χ0v) is 17.6. The van der Waals surface area contributed by atoms with Gasteiger partial charge in [-0.2, -0.15) is 14.3 Å². The molecule has 1 atom stereocenters. The van der Waals surface area contributed by atoms with Gasteiger partial charge in [-0.25, -0.2) is 4.79 Å². The molecule has 3 aromatic carbocycles. The highest BCUT2D eigenvalue weighted by atomic mass is 16.5. The number of methoxy groups -OCH3 is 1. The lowest BCUT2D eigenvalue weighted by atomic mass is 10.0. The van der Waals surface area contributed by atoms with Gasteiger partial charge in [0.2, 0.25) is 6.04 Å². The van der Waals surface area contributed by atoms with Crippen molar-refractivity contribution in [3.8, 4) is 5.75 Å². The number of carbonyl (C=O) groups excluding carboxylic acids is 2. The van der Waals surface area contributed by atoms with Crippen molar-refractivity contribution in [1.82, 2.24) is 4.90 Å². The van der Waals surface area contributed by atoms with Crippen molar-refractivity contribution in [2.45, 2.75) is 19.1 Å². The van der Waals surface area contributed by atoms with Gasteiger partial charge in [0.25, 0.3) is 0 Å². The second kappa shape index (κ2) is 8.23. The number of urea groups is 1. The third-order valence-corrected chi connectivity index (χ3v) is 5.85. The molecule has 3 amide bonds. The Bertz CT molecular complexity index is 1300. The summed E-state index contributed by atoms with van der Waals surface area (Å²) in [5, 5.41) is 2.20. The molecule has 32 heavy (non-hydrogen) atoms. The Morgan fingerprint density at radius 3 is 2.59 bits per heavy atom. The van der Waals surface area contributed by atoms with E-state index in [0.717, 1.165) is 27.6 Å². The molecule has 1 unspecified atom stereocenters. The van der Waals surface area contributed by atoms with Crippen molar-refractivity contribution in [1.29, 1.82) is 0 Å². The van der Waals surface area contributed by atoms with Gasteiger partial charge in [-0.05, 0) is 40.6 Å². The number of fused-ring (bicyclic) bond motifs is 2. The minimum absolute atomic E-state index is 0.177. The maximum absolute atomic E-state index is 13.6. The Hall–Kier alpha value is -4.06. The van der Waals surface area contributed by atoms with Crippen LogP contribution in [0.2, 0.25) is 0 Å². The predicted molar refractivity (Wildman–Crippen MR) is 123 cm³/mol. The van der Waals surface area contributed by atoms with E-state index in [-0.39, 0.29) is 18.5 Å². The number of ether oxygens (including phenoxy) is 1. The van der Waals surface area contributed by atoms with Crippen molar-refractivity contribution >= 4 is 34.6 Å². The molecule has 2 aliphatic heterocycles. The molecule has 0 N–H and O–H groups in total. The molecule has 5 rings (SSSR count). The summed E-state index contributed by atoms with van der Waals surface area (Å²) in [4.78, 5) is 32.4. The van der Waals surface area contributed by atoms with Crippen molar-refractivity contribution in [3.63, 3.8) is 0 Å². The van der Waals surface area contributed by atoms with Gasteiger partial charge in [0, 0.05) is 11.8 Å². The van der Waals surface area contributed by atoms with Crippen LogP contribution in [0.5, 0.6) is 5.75 Å². The number of hydrogen-bond donors (Lipinski definition) is 0. The zero-order chi connectivity index (χ0) is 22.1. The summed E-state index contributed by atoms with van der Waals surface area (Å²) in [6.07, 6.45) is 5.19. The van der Waals surface area contributed by atoms with Crippen LogP contribution in [0.15, 0.2) is 83.9 Å². The summed E-state index contributed by atoms with van der Waals surface area (Å²) in [6, 6.07) is 20.5. The first-order chi connectivity index (χ1) is 15.7. The first-order valence-corrected chi connectivity index (χ1v) is 10.4. The molecule has 0 aromatic heterocycles. The monoisotopic (exact) mass is 424 g/mol. The van der Waals surface area contributed by atoms with Crippen LogP contribution < -0.4 is 4.74 Å². The van der Waals surface area contributed by atoms with Crippen molar-refractivity contribution in [2.75, 3.05) is 7.11 Å². The smallest absolute Gasteiger partial charge is 0.497 e. The van der Waals surface area contributed by atoms with Gasteiger partial charge in [-0.1, -0.05) is 54.6 Å². The van der Waals surface area contributed by atoms with E-state index in [1.807, 2.05) is 54.6 Å². The lowest BCUT2D eigenvalue weighted by molar-refractivity contribution is -0.455. The fourth-order valence-corrected chi connectivity index (χ4v) is 4.19. The van der Waals surface area contributed by atoms with Crippen LogP contribution in [0.25, 0.3) is 10.8 Å². The van der Waals surface area contributed by atoms with E-state index in [4.69, 9.17) is 4.74 Å². The number of dihydropyridines is 1. The highest BCUT2D eigenvalue weighted by Gasteiger charge is 2.47. The third-order valence-electron chi connectivity index (χ3n) is 5.85. The quantitative estimate of drug-likeness (QED) is 0.582. The molecule has 0 saturated heterocycles. The average Bonchev–Trinajstić information content (AvgIpc) is 2.85. The molecule has 2 heterocycles. The van der Waals surface area contributed by atoms with Crippen LogP contribution in [0, 0.1) is 0 Å². The van der Waals surface area contributed by atoms with Crippen molar-refractivity contribution < 1.29 is 18.9 Å². The second-order valence-electron chi connectivity index (χ2n) is 7.76. The number of imide groups is 1. The summed E-state index contributed by atoms with van der Waals surface area (Å²) in [7, 11) is 1.60. The first kappa shape index (κ1) is 19.9. The first-order valence-electron chi connectivity index (χ1n) is 10.4. The molecule has 0 fully saturated rings. The maximum Gasteiger partial charge on any atom is 0.501 e. The molecule has 3 aromatic rings. The summed E-state index contributed by atoms with van der Waals surface area (Å²) in [5.74, 6) is 0.413. The molecule has 158 valence electrons. The van der Waals surface area contributed by atoms with Crippen molar-refractivity contribution in [2.24, 2.45) is 4.99 Å². The molecule has 0 saturated carbocycles. The van der Waals surface area contributed by atoms with Gasteiger partial charge in [0.15, 0.2) is 0 Å². The number of amides is 3. The number of carbonyl (C=O) groups is 2. The predicted octanol–water partition coefficient (Wildman–Crippen LogP) is 3.97. The molecular weight excluding hydrogens is 402 g/mol. The lowest BCUT2D eigenvalue weighted by Crippen LogP contribution is -2.56. The minimum Gasteiger partial charge on any atom is -0.497 e. The molecule has 0 spiro atoms. The number of rotatable bonds is 5. The van der Waals surface area contributed by atoms with Crippen LogP contribution in [-0.4, -0.2) is 46.5 Å². The fourth-order valence-electron chi connectivity index (χ4n) is 4.19. The molecule has 2 aliphatic rings. The second-order valence-corrected chi connectivity index (χ2v) is 7.76. The third kappa shape index (κ3) is 3.50. The highest BCUT2D eigenvalue weighted by Crippen LogP contribution is 2.23. The summed E-state index contributed by atoms with van der Waals surface area (Å²) < 4.78 is 6.88. The van der Waals surface area contributed by atoms with E-state index in [2.05, 4.69) is 23.2 Å². The minimum atomic E-state index is -0.717. The van der Waals surface area contributed by atoms with E-state index < -0.39 is 6.04 Å². The molecule has 6 nitrogen and oxygen atoms in total. The van der Waals surface area contributed by atoms with E-state index in [9.17, 15) is 9.59 Å². The van der Waals surface area contributed by atoms with Gasteiger partial charge >= 0.3 is 11.9 Å². The SMILES string of the molecule is COc1ccc(CN2C(=O)C3N=CC=CC3=[N+](Cc3cccc4ccccc34)C2=O)cc1. The van der Waals surface area contributed by atoms with Gasteiger partial charge in [0.05, 0.1) is 7.11 Å². The van der Waals surface area contributed by atoms with Gasteiger partial charge in [-0.15, -0.1) is 0 Å². The molecular formula is C26H22N3O3+. The van der Waals surface area contributed by atoms with Gasteiger partial charge in [0.1, 0.15) is 24.6 Å². The summed E-state index contributed by atoms with van der Waals surface area (Å²) in [6.45, 7) is 0.537.